The second kappa shape index (κ2) is 5.62. The van der Waals surface area contributed by atoms with Gasteiger partial charge in [-0.25, -0.2) is 9.18 Å². The van der Waals surface area contributed by atoms with E-state index in [1.165, 1.54) is 30.6 Å². The maximum Gasteiger partial charge on any atom is 0.337 e. The summed E-state index contributed by atoms with van der Waals surface area (Å²) in [6.45, 7) is 0. The molecule has 0 spiro atoms. The molecule has 0 bridgehead atoms. The van der Waals surface area contributed by atoms with Crippen LogP contribution in [-0.2, 0) is 4.74 Å². The largest absolute Gasteiger partial charge is 0.465 e. The third-order valence-corrected chi connectivity index (χ3v) is 3.25. The Hall–Kier alpha value is -2.21. The summed E-state index contributed by atoms with van der Waals surface area (Å²) >= 11 is 1.25. The van der Waals surface area contributed by atoms with Gasteiger partial charge in [0, 0.05) is 0 Å². The van der Waals surface area contributed by atoms with Gasteiger partial charge in [-0.1, -0.05) is 6.07 Å². The molecule has 19 heavy (non-hydrogen) atoms. The highest BCUT2D eigenvalue weighted by atomic mass is 32.1. The number of carbonyl (C=O) groups excluding carboxylic acids is 2. The molecule has 1 N–H and O–H groups in total. The molecular weight excluding hydrogens is 269 g/mol. The predicted molar refractivity (Wildman–Crippen MR) is 70.0 cm³/mol. The standard InChI is InChI=1S/C13H10FNO3S/c1-18-13(17)8-4-5-9(14)10(7-8)15-12(16)11-3-2-6-19-11/h2-7H,1H3,(H,15,16). The van der Waals surface area contributed by atoms with Crippen LogP contribution in [0.3, 0.4) is 0 Å². The SMILES string of the molecule is COC(=O)c1ccc(F)c(NC(=O)c2cccs2)c1. The number of carbonyl (C=O) groups is 2. The fourth-order valence-corrected chi connectivity index (χ4v) is 2.08. The number of rotatable bonds is 3. The molecule has 0 atom stereocenters. The fraction of sp³-hybridized carbons (Fsp3) is 0.0769. The molecule has 0 fully saturated rings. The van der Waals surface area contributed by atoms with Gasteiger partial charge in [0.05, 0.1) is 23.2 Å². The van der Waals surface area contributed by atoms with Crippen LogP contribution in [0.1, 0.15) is 20.0 Å². The molecule has 0 aliphatic rings. The second-order valence-electron chi connectivity index (χ2n) is 3.62. The van der Waals surface area contributed by atoms with Gasteiger partial charge in [0.1, 0.15) is 5.82 Å². The zero-order chi connectivity index (χ0) is 13.8. The Kier molecular flexibility index (Phi) is 3.91. The van der Waals surface area contributed by atoms with E-state index in [-0.39, 0.29) is 11.3 Å². The quantitative estimate of drug-likeness (QED) is 0.879. The molecule has 2 aromatic rings. The number of hydrogen-bond donors (Lipinski definition) is 1. The lowest BCUT2D eigenvalue weighted by molar-refractivity contribution is 0.0600. The minimum absolute atomic E-state index is 0.0544. The molecule has 98 valence electrons. The lowest BCUT2D eigenvalue weighted by Crippen LogP contribution is -2.12. The third kappa shape index (κ3) is 2.97. The first-order valence-electron chi connectivity index (χ1n) is 5.34. The number of methoxy groups -OCH3 is 1. The minimum Gasteiger partial charge on any atom is -0.465 e. The Morgan fingerprint density at radius 2 is 2.11 bits per heavy atom. The van der Waals surface area contributed by atoms with Gasteiger partial charge in [-0.3, -0.25) is 4.79 Å². The molecule has 1 heterocycles. The second-order valence-corrected chi connectivity index (χ2v) is 4.57. The first-order valence-corrected chi connectivity index (χ1v) is 6.22. The van der Waals surface area contributed by atoms with Crippen LogP contribution in [0.25, 0.3) is 0 Å². The summed E-state index contributed by atoms with van der Waals surface area (Å²) in [6.07, 6.45) is 0. The van der Waals surface area contributed by atoms with Crippen LogP contribution in [0.4, 0.5) is 10.1 Å². The lowest BCUT2D eigenvalue weighted by Gasteiger charge is -2.07. The Labute approximate surface area is 112 Å². The Balaban J connectivity index is 2.24. The number of amides is 1. The number of benzene rings is 1. The summed E-state index contributed by atoms with van der Waals surface area (Å²) in [7, 11) is 1.23. The van der Waals surface area contributed by atoms with Crippen molar-refractivity contribution in [3.8, 4) is 0 Å². The highest BCUT2D eigenvalue weighted by molar-refractivity contribution is 7.12. The van der Waals surface area contributed by atoms with Gasteiger partial charge in [0.2, 0.25) is 0 Å². The van der Waals surface area contributed by atoms with E-state index in [0.717, 1.165) is 6.07 Å². The normalized spacial score (nSPS) is 10.0. The third-order valence-electron chi connectivity index (χ3n) is 2.38. The van der Waals surface area contributed by atoms with Gasteiger partial charge in [-0.05, 0) is 29.6 Å². The summed E-state index contributed by atoms with van der Waals surface area (Å²) in [5.74, 6) is -1.62. The van der Waals surface area contributed by atoms with Crippen LogP contribution >= 0.6 is 11.3 Å². The van der Waals surface area contributed by atoms with E-state index in [9.17, 15) is 14.0 Å². The summed E-state index contributed by atoms with van der Waals surface area (Å²) in [6, 6.07) is 6.99. The number of hydrogen-bond acceptors (Lipinski definition) is 4. The molecular formula is C13H10FNO3S. The summed E-state index contributed by atoms with van der Waals surface area (Å²) in [5, 5.41) is 4.17. The Morgan fingerprint density at radius 1 is 1.32 bits per heavy atom. The first-order chi connectivity index (χ1) is 9.11. The topological polar surface area (TPSA) is 55.4 Å². The van der Waals surface area contributed by atoms with Gasteiger partial charge in [-0.15, -0.1) is 11.3 Å². The Bertz CT molecular complexity index is 610. The van der Waals surface area contributed by atoms with E-state index >= 15 is 0 Å². The number of anilines is 1. The van der Waals surface area contributed by atoms with Crippen LogP contribution in [0.5, 0.6) is 0 Å². The number of esters is 1. The Morgan fingerprint density at radius 3 is 2.74 bits per heavy atom. The van der Waals surface area contributed by atoms with E-state index in [4.69, 9.17) is 0 Å². The van der Waals surface area contributed by atoms with Gasteiger partial charge < -0.3 is 10.1 Å². The van der Waals surface area contributed by atoms with Crippen LogP contribution in [0.15, 0.2) is 35.7 Å². The maximum atomic E-state index is 13.6. The van der Waals surface area contributed by atoms with Crippen molar-refractivity contribution >= 4 is 28.9 Å². The van der Waals surface area contributed by atoms with Crippen LogP contribution in [-0.4, -0.2) is 19.0 Å². The van der Waals surface area contributed by atoms with E-state index in [1.54, 1.807) is 17.5 Å². The molecule has 0 saturated carbocycles. The molecule has 0 aliphatic carbocycles. The van der Waals surface area contributed by atoms with Crippen molar-refractivity contribution in [1.29, 1.82) is 0 Å². The molecule has 6 heteroatoms. The smallest absolute Gasteiger partial charge is 0.337 e. The molecule has 0 aliphatic heterocycles. The zero-order valence-corrected chi connectivity index (χ0v) is 10.8. The van der Waals surface area contributed by atoms with Crippen LogP contribution in [0.2, 0.25) is 0 Å². The molecule has 4 nitrogen and oxygen atoms in total. The molecule has 1 aromatic heterocycles. The molecule has 2 rings (SSSR count). The van der Waals surface area contributed by atoms with E-state index in [1.807, 2.05) is 0 Å². The average Bonchev–Trinajstić information content (AvgIpc) is 2.94. The predicted octanol–water partition coefficient (Wildman–Crippen LogP) is 2.93. The molecule has 1 aromatic carbocycles. The fourth-order valence-electron chi connectivity index (χ4n) is 1.46. The highest BCUT2D eigenvalue weighted by Crippen LogP contribution is 2.19. The van der Waals surface area contributed by atoms with E-state index < -0.39 is 17.7 Å². The van der Waals surface area contributed by atoms with Crippen molar-refractivity contribution in [2.75, 3.05) is 12.4 Å². The molecule has 0 unspecified atom stereocenters. The van der Waals surface area contributed by atoms with Crippen LogP contribution < -0.4 is 5.32 Å². The van der Waals surface area contributed by atoms with E-state index in [0.29, 0.717) is 4.88 Å². The van der Waals surface area contributed by atoms with Gasteiger partial charge in [0.25, 0.3) is 5.91 Å². The molecule has 0 radical (unpaired) electrons. The van der Waals surface area contributed by atoms with Gasteiger partial charge in [-0.2, -0.15) is 0 Å². The lowest BCUT2D eigenvalue weighted by atomic mass is 10.2. The van der Waals surface area contributed by atoms with E-state index in [2.05, 4.69) is 10.1 Å². The minimum atomic E-state index is -0.613. The van der Waals surface area contributed by atoms with Gasteiger partial charge in [0.15, 0.2) is 0 Å². The van der Waals surface area contributed by atoms with Crippen molar-refractivity contribution in [2.45, 2.75) is 0 Å². The zero-order valence-electron chi connectivity index (χ0n) is 9.98. The molecule has 1 amide bonds. The highest BCUT2D eigenvalue weighted by Gasteiger charge is 2.13. The summed E-state index contributed by atoms with van der Waals surface area (Å²) in [5.41, 5.74) is 0.117. The number of nitrogens with one attached hydrogen (secondary N) is 1. The van der Waals surface area contributed by atoms with Crippen LogP contribution in [0, 0.1) is 5.82 Å². The van der Waals surface area contributed by atoms with Crippen molar-refractivity contribution in [1.82, 2.24) is 0 Å². The van der Waals surface area contributed by atoms with Gasteiger partial charge >= 0.3 is 5.97 Å². The average molecular weight is 279 g/mol. The van der Waals surface area contributed by atoms with Crippen molar-refractivity contribution in [2.24, 2.45) is 0 Å². The monoisotopic (exact) mass is 279 g/mol. The summed E-state index contributed by atoms with van der Waals surface area (Å²) in [4.78, 5) is 23.6. The van der Waals surface area contributed by atoms with Crippen molar-refractivity contribution in [3.05, 3.63) is 52.0 Å². The molecule has 0 saturated heterocycles. The first kappa shape index (κ1) is 13.2. The summed E-state index contributed by atoms with van der Waals surface area (Å²) < 4.78 is 18.1. The van der Waals surface area contributed by atoms with Crippen molar-refractivity contribution < 1.29 is 18.7 Å². The number of halogens is 1. The van der Waals surface area contributed by atoms with Crippen molar-refractivity contribution in [3.63, 3.8) is 0 Å². The number of ether oxygens (including phenoxy) is 1. The number of thiophene rings is 1. The maximum absolute atomic E-state index is 13.6.